The van der Waals surface area contributed by atoms with Gasteiger partial charge in [0.15, 0.2) is 11.6 Å². The van der Waals surface area contributed by atoms with Crippen molar-refractivity contribution in [2.75, 3.05) is 0 Å². The molecule has 0 saturated carbocycles. The highest BCUT2D eigenvalue weighted by atomic mass is 16.1. The number of carbonyl (C=O) groups is 2. The number of Topliss-reactive ketones (excluding diaryl/α,β-unsaturated/α-hetero) is 2. The number of hydrogen-bond donors (Lipinski definition) is 1. The van der Waals surface area contributed by atoms with Crippen molar-refractivity contribution in [2.45, 2.75) is 60.8 Å². The molecular formula is C22H31NO2. The van der Waals surface area contributed by atoms with E-state index < -0.39 is 0 Å². The van der Waals surface area contributed by atoms with Crippen molar-refractivity contribution in [3.63, 3.8) is 0 Å². The molecule has 2 rings (SSSR count). The Labute approximate surface area is 151 Å². The smallest absolute Gasteiger partial charge is 0.178 e. The van der Waals surface area contributed by atoms with Crippen molar-refractivity contribution in [3.8, 4) is 0 Å². The number of rotatable bonds is 8. The van der Waals surface area contributed by atoms with E-state index in [-0.39, 0.29) is 17.0 Å². The molecule has 1 unspecified atom stereocenters. The van der Waals surface area contributed by atoms with E-state index in [2.05, 4.69) is 25.8 Å². The maximum atomic E-state index is 13.0. The Balaban J connectivity index is 2.21. The maximum Gasteiger partial charge on any atom is 0.178 e. The molecule has 0 bridgehead atoms. The quantitative estimate of drug-likeness (QED) is 0.595. The molecular weight excluding hydrogens is 310 g/mol. The number of H-pyrrole nitrogens is 1. The van der Waals surface area contributed by atoms with Crippen LogP contribution in [0.4, 0.5) is 0 Å². The van der Waals surface area contributed by atoms with Gasteiger partial charge in [-0.2, -0.15) is 0 Å². The Morgan fingerprint density at radius 1 is 1.12 bits per heavy atom. The molecule has 136 valence electrons. The molecule has 2 aromatic rings. The van der Waals surface area contributed by atoms with Crippen molar-refractivity contribution in [1.82, 2.24) is 4.98 Å². The standard InChI is InChI=1S/C22H31NO2/c1-7-20(24)19-13-17-12-16(8-9-18(17)23-19)21(25)22(5,6)11-10-15(4)14(2)3/h8-9,12-15,23H,7,10-11H2,1-6H3. The second kappa shape index (κ2) is 7.55. The van der Waals surface area contributed by atoms with Crippen LogP contribution in [0.15, 0.2) is 24.3 Å². The van der Waals surface area contributed by atoms with Gasteiger partial charge in [-0.1, -0.05) is 41.5 Å². The van der Waals surface area contributed by atoms with Crippen molar-refractivity contribution in [2.24, 2.45) is 17.3 Å². The van der Waals surface area contributed by atoms with Crippen LogP contribution in [-0.2, 0) is 0 Å². The zero-order valence-corrected chi connectivity index (χ0v) is 16.4. The molecule has 1 heterocycles. The lowest BCUT2D eigenvalue weighted by molar-refractivity contribution is 0.0814. The third-order valence-corrected chi connectivity index (χ3v) is 5.48. The highest BCUT2D eigenvalue weighted by molar-refractivity contribution is 6.04. The molecule has 25 heavy (non-hydrogen) atoms. The Kier molecular flexibility index (Phi) is 5.87. The van der Waals surface area contributed by atoms with Gasteiger partial charge in [0.05, 0.1) is 5.69 Å². The maximum absolute atomic E-state index is 13.0. The minimum atomic E-state index is -0.380. The summed E-state index contributed by atoms with van der Waals surface area (Å²) in [5, 5.41) is 0.925. The molecule has 3 nitrogen and oxygen atoms in total. The second-order valence-electron chi connectivity index (χ2n) is 8.23. The summed E-state index contributed by atoms with van der Waals surface area (Å²) in [6.07, 6.45) is 2.41. The number of nitrogens with one attached hydrogen (secondary N) is 1. The van der Waals surface area contributed by atoms with Gasteiger partial charge in [0, 0.05) is 28.3 Å². The summed E-state index contributed by atoms with van der Waals surface area (Å²) < 4.78 is 0. The molecule has 1 atom stereocenters. The van der Waals surface area contributed by atoms with E-state index in [9.17, 15) is 9.59 Å². The number of aromatic nitrogens is 1. The summed E-state index contributed by atoms with van der Waals surface area (Å²) in [5.41, 5.74) is 1.87. The Bertz CT molecular complexity index is 767. The lowest BCUT2D eigenvalue weighted by Gasteiger charge is -2.26. The molecule has 1 aromatic heterocycles. The van der Waals surface area contributed by atoms with Crippen LogP contribution in [0, 0.1) is 17.3 Å². The first-order chi connectivity index (χ1) is 11.7. The van der Waals surface area contributed by atoms with Crippen LogP contribution in [0.5, 0.6) is 0 Å². The van der Waals surface area contributed by atoms with Gasteiger partial charge in [0.2, 0.25) is 0 Å². The largest absolute Gasteiger partial charge is 0.352 e. The normalized spacial score (nSPS) is 13.4. The lowest BCUT2D eigenvalue weighted by atomic mass is 9.77. The minimum Gasteiger partial charge on any atom is -0.352 e. The molecule has 0 spiro atoms. The first-order valence-corrected chi connectivity index (χ1v) is 9.36. The zero-order chi connectivity index (χ0) is 18.8. The Hall–Kier alpha value is -1.90. The number of fused-ring (bicyclic) bond motifs is 1. The fourth-order valence-corrected chi connectivity index (χ4v) is 3.04. The van der Waals surface area contributed by atoms with E-state index in [1.54, 1.807) is 0 Å². The SMILES string of the molecule is CCC(=O)c1cc2cc(C(=O)C(C)(C)CCC(C)C(C)C)ccc2[nH]1. The predicted octanol–water partition coefficient (Wildman–Crippen LogP) is 6.04. The molecule has 0 aliphatic carbocycles. The van der Waals surface area contributed by atoms with Crippen molar-refractivity contribution in [1.29, 1.82) is 0 Å². The average molecular weight is 341 g/mol. The zero-order valence-electron chi connectivity index (χ0n) is 16.4. The summed E-state index contributed by atoms with van der Waals surface area (Å²) in [4.78, 5) is 28.0. The molecule has 3 heteroatoms. The third kappa shape index (κ3) is 4.39. The van der Waals surface area contributed by atoms with E-state index in [0.29, 0.717) is 24.0 Å². The van der Waals surface area contributed by atoms with E-state index in [1.165, 1.54) is 0 Å². The van der Waals surface area contributed by atoms with Crippen LogP contribution < -0.4 is 0 Å². The highest BCUT2D eigenvalue weighted by Gasteiger charge is 2.29. The van der Waals surface area contributed by atoms with Gasteiger partial charge in [-0.3, -0.25) is 9.59 Å². The van der Waals surface area contributed by atoms with Crippen LogP contribution in [0.2, 0.25) is 0 Å². The van der Waals surface area contributed by atoms with Crippen LogP contribution >= 0.6 is 0 Å². The van der Waals surface area contributed by atoms with Gasteiger partial charge >= 0.3 is 0 Å². The van der Waals surface area contributed by atoms with E-state index in [4.69, 9.17) is 0 Å². The predicted molar refractivity (Wildman–Crippen MR) is 104 cm³/mol. The third-order valence-electron chi connectivity index (χ3n) is 5.48. The fourth-order valence-electron chi connectivity index (χ4n) is 3.04. The van der Waals surface area contributed by atoms with Gasteiger partial charge in [-0.25, -0.2) is 0 Å². The first kappa shape index (κ1) is 19.4. The van der Waals surface area contributed by atoms with Gasteiger partial charge in [0.1, 0.15) is 0 Å². The number of ketones is 2. The second-order valence-corrected chi connectivity index (χ2v) is 8.23. The Morgan fingerprint density at radius 2 is 1.80 bits per heavy atom. The van der Waals surface area contributed by atoms with Crippen molar-refractivity contribution < 1.29 is 9.59 Å². The molecule has 0 fully saturated rings. The van der Waals surface area contributed by atoms with Crippen molar-refractivity contribution in [3.05, 3.63) is 35.5 Å². The summed E-state index contributed by atoms with van der Waals surface area (Å²) in [6, 6.07) is 7.54. The van der Waals surface area contributed by atoms with E-state index >= 15 is 0 Å². The first-order valence-electron chi connectivity index (χ1n) is 9.36. The van der Waals surface area contributed by atoms with Crippen LogP contribution in [0.3, 0.4) is 0 Å². The minimum absolute atomic E-state index is 0.0899. The van der Waals surface area contributed by atoms with Crippen LogP contribution in [0.1, 0.15) is 81.7 Å². The molecule has 0 aliphatic rings. The topological polar surface area (TPSA) is 49.9 Å². The number of carbonyl (C=O) groups excluding carboxylic acids is 2. The highest BCUT2D eigenvalue weighted by Crippen LogP contribution is 2.32. The summed E-state index contributed by atoms with van der Waals surface area (Å²) >= 11 is 0. The lowest BCUT2D eigenvalue weighted by Crippen LogP contribution is -2.25. The molecule has 0 amide bonds. The van der Waals surface area contributed by atoms with Gasteiger partial charge < -0.3 is 4.98 Å². The number of hydrogen-bond acceptors (Lipinski definition) is 2. The number of benzene rings is 1. The van der Waals surface area contributed by atoms with Gasteiger partial charge in [0.25, 0.3) is 0 Å². The summed E-state index contributed by atoms with van der Waals surface area (Å²) in [7, 11) is 0. The van der Waals surface area contributed by atoms with Crippen molar-refractivity contribution >= 4 is 22.5 Å². The van der Waals surface area contributed by atoms with Crippen LogP contribution in [-0.4, -0.2) is 16.6 Å². The Morgan fingerprint density at radius 3 is 2.40 bits per heavy atom. The molecule has 0 aliphatic heterocycles. The fraction of sp³-hybridized carbons (Fsp3) is 0.545. The monoisotopic (exact) mass is 341 g/mol. The van der Waals surface area contributed by atoms with Gasteiger partial charge in [-0.05, 0) is 48.9 Å². The molecule has 0 saturated heterocycles. The van der Waals surface area contributed by atoms with Crippen LogP contribution in [0.25, 0.3) is 10.9 Å². The molecule has 0 radical (unpaired) electrons. The summed E-state index contributed by atoms with van der Waals surface area (Å²) in [6.45, 7) is 12.6. The van der Waals surface area contributed by atoms with E-state index in [0.717, 1.165) is 29.3 Å². The molecule has 1 aromatic carbocycles. The molecule has 1 N–H and O–H groups in total. The summed E-state index contributed by atoms with van der Waals surface area (Å²) in [5.74, 6) is 1.51. The van der Waals surface area contributed by atoms with E-state index in [1.807, 2.05) is 45.0 Å². The average Bonchev–Trinajstić information content (AvgIpc) is 3.01. The number of aromatic amines is 1. The van der Waals surface area contributed by atoms with Gasteiger partial charge in [-0.15, -0.1) is 0 Å².